The molecule has 1 aliphatic heterocycles. The first-order valence-corrected chi connectivity index (χ1v) is 10.1. The van der Waals surface area contributed by atoms with E-state index in [1.165, 1.54) is 6.33 Å². The van der Waals surface area contributed by atoms with E-state index in [1.807, 2.05) is 25.1 Å². The number of nitrogens with one attached hydrogen (secondary N) is 1. The van der Waals surface area contributed by atoms with Crippen LogP contribution in [0.4, 0.5) is 0 Å². The zero-order chi connectivity index (χ0) is 18.1. The molecule has 2 aromatic carbocycles. The van der Waals surface area contributed by atoms with Crippen LogP contribution in [0.2, 0.25) is 0 Å². The second kappa shape index (κ2) is 6.69. The number of hydrogen-bond acceptors (Lipinski definition) is 5. The zero-order valence-electron chi connectivity index (χ0n) is 14.4. The van der Waals surface area contributed by atoms with Crippen molar-refractivity contribution in [2.24, 2.45) is 0 Å². The molecule has 2 heterocycles. The lowest BCUT2D eigenvalue weighted by Gasteiger charge is -2.23. The van der Waals surface area contributed by atoms with Crippen molar-refractivity contribution in [3.05, 3.63) is 48.5 Å². The molecule has 8 heteroatoms. The van der Waals surface area contributed by atoms with E-state index in [0.717, 1.165) is 18.4 Å². The van der Waals surface area contributed by atoms with Crippen molar-refractivity contribution in [3.8, 4) is 5.75 Å². The van der Waals surface area contributed by atoms with E-state index in [0.29, 0.717) is 30.0 Å². The Labute approximate surface area is 152 Å². The van der Waals surface area contributed by atoms with Gasteiger partial charge in [0.05, 0.1) is 17.5 Å². The summed E-state index contributed by atoms with van der Waals surface area (Å²) in [5.41, 5.74) is 0. The van der Waals surface area contributed by atoms with E-state index in [2.05, 4.69) is 14.8 Å². The monoisotopic (exact) mass is 372 g/mol. The molecule has 0 unspecified atom stereocenters. The van der Waals surface area contributed by atoms with Crippen LogP contribution in [0.3, 0.4) is 0 Å². The largest absolute Gasteiger partial charge is 0.493 e. The summed E-state index contributed by atoms with van der Waals surface area (Å²) in [5, 5.41) is 5.57. The molecule has 7 nitrogen and oxygen atoms in total. The van der Waals surface area contributed by atoms with Crippen LogP contribution >= 0.6 is 0 Å². The maximum Gasteiger partial charge on any atom is 0.241 e. The zero-order valence-corrected chi connectivity index (χ0v) is 15.2. The van der Waals surface area contributed by atoms with Gasteiger partial charge in [-0.2, -0.15) is 5.10 Å². The van der Waals surface area contributed by atoms with Gasteiger partial charge in [-0.25, -0.2) is 22.8 Å². The third-order valence-corrected chi connectivity index (χ3v) is 6.08. The van der Waals surface area contributed by atoms with Gasteiger partial charge in [0.25, 0.3) is 0 Å². The molecule has 0 fully saturated rings. The van der Waals surface area contributed by atoms with Gasteiger partial charge in [0.1, 0.15) is 17.9 Å². The first kappa shape index (κ1) is 17.0. The predicted octanol–water partition coefficient (Wildman–Crippen LogP) is 2.64. The smallest absolute Gasteiger partial charge is 0.241 e. The summed E-state index contributed by atoms with van der Waals surface area (Å²) in [6.45, 7) is 3.19. The molecule has 136 valence electrons. The molecule has 1 aliphatic rings. The minimum atomic E-state index is -3.73. The average Bonchev–Trinajstić information content (AvgIpc) is 3.12. The van der Waals surface area contributed by atoms with Gasteiger partial charge < -0.3 is 4.74 Å². The minimum Gasteiger partial charge on any atom is -0.493 e. The lowest BCUT2D eigenvalue weighted by Crippen LogP contribution is -2.33. The lowest BCUT2D eigenvalue weighted by molar-refractivity contribution is 0.344. The molecular weight excluding hydrogens is 352 g/mol. The van der Waals surface area contributed by atoms with Crippen molar-refractivity contribution in [2.75, 3.05) is 6.61 Å². The number of hydrogen-bond donors (Lipinski definition) is 1. The number of fused-ring (bicyclic) bond motifs is 2. The van der Waals surface area contributed by atoms with Crippen molar-refractivity contribution in [2.45, 2.75) is 37.2 Å². The number of aromatic nitrogens is 3. The fraction of sp³-hybridized carbons (Fsp3) is 0.333. The summed E-state index contributed by atoms with van der Waals surface area (Å²) in [5.74, 6) is 1.34. The van der Waals surface area contributed by atoms with Crippen molar-refractivity contribution in [3.63, 3.8) is 0 Å². The Morgan fingerprint density at radius 2 is 2.04 bits per heavy atom. The van der Waals surface area contributed by atoms with Crippen LogP contribution < -0.4 is 9.46 Å². The first-order valence-electron chi connectivity index (χ1n) is 8.64. The van der Waals surface area contributed by atoms with Crippen LogP contribution in [0, 0.1) is 0 Å². The molecule has 0 radical (unpaired) electrons. The SMILES string of the molecule is CCOc1ccc(S(=O)(=O)N[C@H]2CCCn3ncnc32)c2ccccc12. The predicted molar refractivity (Wildman–Crippen MR) is 97.4 cm³/mol. The van der Waals surface area contributed by atoms with Crippen molar-refractivity contribution >= 4 is 20.8 Å². The Kier molecular flexibility index (Phi) is 4.37. The van der Waals surface area contributed by atoms with E-state index in [1.54, 1.807) is 22.9 Å². The Morgan fingerprint density at radius 3 is 2.85 bits per heavy atom. The summed E-state index contributed by atoms with van der Waals surface area (Å²) in [6.07, 6.45) is 3.02. The molecule has 0 spiro atoms. The highest BCUT2D eigenvalue weighted by Crippen LogP contribution is 2.32. The summed E-state index contributed by atoms with van der Waals surface area (Å²) in [6, 6.07) is 10.3. The third-order valence-electron chi connectivity index (χ3n) is 4.55. The van der Waals surface area contributed by atoms with E-state index in [4.69, 9.17) is 4.74 Å². The van der Waals surface area contributed by atoms with Gasteiger partial charge in [-0.3, -0.25) is 0 Å². The molecule has 1 N–H and O–H groups in total. The Morgan fingerprint density at radius 1 is 1.23 bits per heavy atom. The van der Waals surface area contributed by atoms with Crippen LogP contribution in [-0.2, 0) is 16.6 Å². The second-order valence-electron chi connectivity index (χ2n) is 6.20. The summed E-state index contributed by atoms with van der Waals surface area (Å²) in [4.78, 5) is 4.47. The Hall–Kier alpha value is -2.45. The van der Waals surface area contributed by atoms with E-state index < -0.39 is 10.0 Å². The number of rotatable bonds is 5. The molecule has 4 rings (SSSR count). The fourth-order valence-corrected chi connectivity index (χ4v) is 4.85. The van der Waals surface area contributed by atoms with Crippen molar-refractivity contribution in [1.82, 2.24) is 19.5 Å². The Balaban J connectivity index is 1.75. The average molecular weight is 372 g/mol. The molecule has 0 saturated heterocycles. The number of ether oxygens (including phenoxy) is 1. The van der Waals surface area contributed by atoms with Gasteiger partial charge in [-0.05, 0) is 31.9 Å². The standard InChI is InChI=1S/C18H20N4O3S/c1-2-25-16-9-10-17(14-7-4-3-6-13(14)16)26(23,24)21-15-8-5-11-22-18(15)19-12-20-22/h3-4,6-7,9-10,12,15,21H,2,5,8,11H2,1H3/t15-/m0/s1. The topological polar surface area (TPSA) is 86.1 Å². The highest BCUT2D eigenvalue weighted by molar-refractivity contribution is 7.89. The van der Waals surface area contributed by atoms with Crippen LogP contribution in [0.25, 0.3) is 10.8 Å². The van der Waals surface area contributed by atoms with Crippen LogP contribution in [0.15, 0.2) is 47.6 Å². The number of sulfonamides is 1. The highest BCUT2D eigenvalue weighted by Gasteiger charge is 2.28. The quantitative estimate of drug-likeness (QED) is 0.744. The molecule has 1 aromatic heterocycles. The molecule has 0 bridgehead atoms. The minimum absolute atomic E-state index is 0.244. The molecule has 0 aliphatic carbocycles. The molecule has 3 aromatic rings. The molecule has 0 saturated carbocycles. The molecule has 26 heavy (non-hydrogen) atoms. The van der Waals surface area contributed by atoms with Crippen LogP contribution in [-0.4, -0.2) is 29.8 Å². The third kappa shape index (κ3) is 2.95. The number of aryl methyl sites for hydroxylation is 1. The van der Waals surface area contributed by atoms with Crippen molar-refractivity contribution < 1.29 is 13.2 Å². The Bertz CT molecular complexity index is 1050. The summed E-state index contributed by atoms with van der Waals surface area (Å²) >= 11 is 0. The molecular formula is C18H20N4O3S. The van der Waals surface area contributed by atoms with Crippen LogP contribution in [0.5, 0.6) is 5.75 Å². The second-order valence-corrected chi connectivity index (χ2v) is 7.88. The van der Waals surface area contributed by atoms with Gasteiger partial charge in [-0.1, -0.05) is 24.3 Å². The number of nitrogens with zero attached hydrogens (tertiary/aromatic N) is 3. The summed E-state index contributed by atoms with van der Waals surface area (Å²) in [7, 11) is -3.73. The lowest BCUT2D eigenvalue weighted by atomic mass is 10.1. The number of benzene rings is 2. The molecule has 1 atom stereocenters. The normalized spacial score (nSPS) is 17.2. The van der Waals surface area contributed by atoms with Gasteiger partial charge in [0.15, 0.2) is 0 Å². The first-order chi connectivity index (χ1) is 12.6. The fourth-order valence-electron chi connectivity index (χ4n) is 3.41. The van der Waals surface area contributed by atoms with Gasteiger partial charge in [0.2, 0.25) is 10.0 Å². The van der Waals surface area contributed by atoms with Crippen molar-refractivity contribution in [1.29, 1.82) is 0 Å². The summed E-state index contributed by atoms with van der Waals surface area (Å²) < 4.78 is 36.4. The maximum atomic E-state index is 13.1. The highest BCUT2D eigenvalue weighted by atomic mass is 32.2. The van der Waals surface area contributed by atoms with Gasteiger partial charge in [-0.15, -0.1) is 0 Å². The van der Waals surface area contributed by atoms with Gasteiger partial charge >= 0.3 is 0 Å². The molecule has 0 amide bonds. The van der Waals surface area contributed by atoms with E-state index in [9.17, 15) is 8.42 Å². The van der Waals surface area contributed by atoms with E-state index in [-0.39, 0.29) is 10.9 Å². The van der Waals surface area contributed by atoms with Crippen LogP contribution in [0.1, 0.15) is 31.6 Å². The van der Waals surface area contributed by atoms with Gasteiger partial charge in [0, 0.05) is 17.3 Å². The maximum absolute atomic E-state index is 13.1. The van der Waals surface area contributed by atoms with E-state index >= 15 is 0 Å².